The number of benzene rings is 1. The number of carboxylic acids is 1. The minimum Gasteiger partial charge on any atom is -0.478 e. The van der Waals surface area contributed by atoms with Crippen LogP contribution in [0.3, 0.4) is 0 Å². The zero-order chi connectivity index (χ0) is 13.8. The fourth-order valence-electron chi connectivity index (χ4n) is 1.37. The van der Waals surface area contributed by atoms with Crippen LogP contribution in [0.1, 0.15) is 10.4 Å². The van der Waals surface area contributed by atoms with E-state index >= 15 is 0 Å². The van der Waals surface area contributed by atoms with Crippen LogP contribution in [0.15, 0.2) is 52.5 Å². The van der Waals surface area contributed by atoms with Gasteiger partial charge in [-0.05, 0) is 12.1 Å². The summed E-state index contributed by atoms with van der Waals surface area (Å²) in [5.41, 5.74) is -0.516. The number of hydrogen-bond donors (Lipinski definition) is 1. The predicted molar refractivity (Wildman–Crippen MR) is 68.4 cm³/mol. The van der Waals surface area contributed by atoms with Gasteiger partial charge in [-0.2, -0.15) is 0 Å². The zero-order valence-corrected chi connectivity index (χ0v) is 10.3. The van der Waals surface area contributed by atoms with E-state index < -0.39 is 10.9 Å². The summed E-state index contributed by atoms with van der Waals surface area (Å²) in [5, 5.41) is 19.9. The van der Waals surface area contributed by atoms with E-state index in [2.05, 4.69) is 4.98 Å². The van der Waals surface area contributed by atoms with E-state index in [-0.39, 0.29) is 16.3 Å². The lowest BCUT2D eigenvalue weighted by molar-refractivity contribution is -0.388. The normalized spacial score (nSPS) is 10.1. The first-order valence-electron chi connectivity index (χ1n) is 5.18. The Hall–Kier alpha value is -2.41. The minimum atomic E-state index is -1.24. The van der Waals surface area contributed by atoms with Crippen molar-refractivity contribution >= 4 is 23.4 Å². The molecule has 0 aliphatic carbocycles. The average Bonchev–Trinajstić information content (AvgIpc) is 2.39. The van der Waals surface area contributed by atoms with E-state index in [9.17, 15) is 14.9 Å². The van der Waals surface area contributed by atoms with Gasteiger partial charge < -0.3 is 5.11 Å². The molecule has 0 unspecified atom stereocenters. The highest BCUT2D eigenvalue weighted by Crippen LogP contribution is 2.33. The van der Waals surface area contributed by atoms with Gasteiger partial charge in [-0.3, -0.25) is 10.1 Å². The molecule has 0 fully saturated rings. The summed E-state index contributed by atoms with van der Waals surface area (Å²) in [6.45, 7) is 0. The summed E-state index contributed by atoms with van der Waals surface area (Å²) < 4.78 is 0. The van der Waals surface area contributed by atoms with Crippen LogP contribution in [0, 0.1) is 10.1 Å². The number of carboxylic acid groups (broad SMARTS) is 1. The summed E-state index contributed by atoms with van der Waals surface area (Å²) in [6, 6.07) is 10.0. The second kappa shape index (κ2) is 5.49. The van der Waals surface area contributed by atoms with Crippen molar-refractivity contribution in [2.75, 3.05) is 0 Å². The highest BCUT2D eigenvalue weighted by atomic mass is 32.2. The Morgan fingerprint density at radius 3 is 2.58 bits per heavy atom. The van der Waals surface area contributed by atoms with Gasteiger partial charge in [0.1, 0.15) is 0 Å². The molecular weight excluding hydrogens is 268 g/mol. The average molecular weight is 276 g/mol. The largest absolute Gasteiger partial charge is 0.478 e. The Bertz CT molecular complexity index is 631. The van der Waals surface area contributed by atoms with Crippen LogP contribution >= 0.6 is 11.8 Å². The molecule has 0 saturated heterocycles. The highest BCUT2D eigenvalue weighted by molar-refractivity contribution is 7.99. The van der Waals surface area contributed by atoms with Crippen LogP contribution in [-0.4, -0.2) is 21.0 Å². The third-order valence-electron chi connectivity index (χ3n) is 2.23. The topological polar surface area (TPSA) is 93.3 Å². The van der Waals surface area contributed by atoms with Crippen LogP contribution in [0.5, 0.6) is 0 Å². The molecule has 0 radical (unpaired) electrons. The fraction of sp³-hybridized carbons (Fsp3) is 0. The maximum absolute atomic E-state index is 10.9. The Labute approximate surface area is 112 Å². The molecule has 1 heterocycles. The number of rotatable bonds is 4. The van der Waals surface area contributed by atoms with E-state index in [1.807, 2.05) is 6.07 Å². The Kier molecular flexibility index (Phi) is 3.76. The molecule has 0 spiro atoms. The monoisotopic (exact) mass is 276 g/mol. The van der Waals surface area contributed by atoms with Crippen molar-refractivity contribution < 1.29 is 14.8 Å². The van der Waals surface area contributed by atoms with Crippen molar-refractivity contribution in [3.8, 4) is 0 Å². The van der Waals surface area contributed by atoms with Crippen molar-refractivity contribution in [3.05, 3.63) is 58.3 Å². The Morgan fingerprint density at radius 2 is 2.00 bits per heavy atom. The van der Waals surface area contributed by atoms with Crippen molar-refractivity contribution in [1.82, 2.24) is 4.98 Å². The molecule has 19 heavy (non-hydrogen) atoms. The van der Waals surface area contributed by atoms with Gasteiger partial charge in [-0.15, -0.1) is 0 Å². The number of aromatic carboxylic acids is 1. The van der Waals surface area contributed by atoms with E-state index in [1.54, 1.807) is 24.3 Å². The molecule has 1 N–H and O–H groups in total. The zero-order valence-electron chi connectivity index (χ0n) is 9.52. The summed E-state index contributed by atoms with van der Waals surface area (Å²) in [7, 11) is 0. The lowest BCUT2D eigenvalue weighted by Gasteiger charge is -2.02. The van der Waals surface area contributed by atoms with Crippen LogP contribution in [-0.2, 0) is 0 Å². The van der Waals surface area contributed by atoms with Crippen LogP contribution in [0.25, 0.3) is 0 Å². The molecular formula is C12H8N2O4S. The Morgan fingerprint density at radius 1 is 1.32 bits per heavy atom. The van der Waals surface area contributed by atoms with Crippen molar-refractivity contribution in [3.63, 3.8) is 0 Å². The molecule has 0 atom stereocenters. The number of carbonyl (C=O) groups is 1. The molecule has 2 aromatic rings. The molecule has 7 heteroatoms. The first-order chi connectivity index (χ1) is 9.08. The second-order valence-corrected chi connectivity index (χ2v) is 4.59. The quantitative estimate of drug-likeness (QED) is 0.681. The van der Waals surface area contributed by atoms with Crippen molar-refractivity contribution in [2.45, 2.75) is 9.92 Å². The SMILES string of the molecule is O=C(O)c1cnc(Sc2ccccc2)c([N+](=O)[O-])c1. The summed E-state index contributed by atoms with van der Waals surface area (Å²) in [5.74, 6) is -1.24. The smallest absolute Gasteiger partial charge is 0.337 e. The molecule has 1 aromatic carbocycles. The summed E-state index contributed by atoms with van der Waals surface area (Å²) in [4.78, 5) is 25.7. The van der Waals surface area contributed by atoms with Gasteiger partial charge in [0, 0.05) is 17.2 Å². The standard InChI is InChI=1S/C12H8N2O4S/c15-12(16)8-6-10(14(17)18)11(13-7-8)19-9-4-2-1-3-5-9/h1-7H,(H,15,16). The second-order valence-electron chi connectivity index (χ2n) is 3.53. The van der Waals surface area contributed by atoms with Gasteiger partial charge in [0.05, 0.1) is 10.5 Å². The fourth-order valence-corrected chi connectivity index (χ4v) is 2.23. The lowest BCUT2D eigenvalue weighted by atomic mass is 10.3. The van der Waals surface area contributed by atoms with Gasteiger partial charge in [-0.25, -0.2) is 9.78 Å². The van der Waals surface area contributed by atoms with Gasteiger partial charge in [0.25, 0.3) is 0 Å². The van der Waals surface area contributed by atoms with Gasteiger partial charge in [-0.1, -0.05) is 30.0 Å². The van der Waals surface area contributed by atoms with Crippen LogP contribution in [0.2, 0.25) is 0 Å². The first-order valence-corrected chi connectivity index (χ1v) is 6.00. The lowest BCUT2D eigenvalue weighted by Crippen LogP contribution is -2.01. The predicted octanol–water partition coefficient (Wildman–Crippen LogP) is 2.84. The molecule has 1 aromatic heterocycles. The first kappa shape index (κ1) is 13.0. The van der Waals surface area contributed by atoms with E-state index in [1.165, 1.54) is 0 Å². The van der Waals surface area contributed by atoms with Crippen LogP contribution < -0.4 is 0 Å². The number of pyridine rings is 1. The van der Waals surface area contributed by atoms with Gasteiger partial charge in [0.2, 0.25) is 0 Å². The third kappa shape index (κ3) is 3.08. The van der Waals surface area contributed by atoms with Crippen molar-refractivity contribution in [2.24, 2.45) is 0 Å². The molecule has 0 saturated carbocycles. The number of nitro groups is 1. The molecule has 2 rings (SSSR count). The van der Waals surface area contributed by atoms with Gasteiger partial charge in [0.15, 0.2) is 5.03 Å². The molecule has 6 nitrogen and oxygen atoms in total. The summed E-state index contributed by atoms with van der Waals surface area (Å²) in [6.07, 6.45) is 1.11. The maximum Gasteiger partial charge on any atom is 0.337 e. The third-order valence-corrected chi connectivity index (χ3v) is 3.25. The number of hydrogen-bond acceptors (Lipinski definition) is 5. The highest BCUT2D eigenvalue weighted by Gasteiger charge is 2.19. The van der Waals surface area contributed by atoms with E-state index in [0.717, 1.165) is 28.9 Å². The minimum absolute atomic E-state index is 0.168. The summed E-state index contributed by atoms with van der Waals surface area (Å²) >= 11 is 1.12. The van der Waals surface area contributed by atoms with Gasteiger partial charge >= 0.3 is 11.7 Å². The Balaban J connectivity index is 2.40. The van der Waals surface area contributed by atoms with Crippen LogP contribution in [0.4, 0.5) is 5.69 Å². The molecule has 0 aliphatic rings. The number of aromatic nitrogens is 1. The number of nitrogens with zero attached hydrogens (tertiary/aromatic N) is 2. The molecule has 0 bridgehead atoms. The molecule has 96 valence electrons. The van der Waals surface area contributed by atoms with E-state index in [0.29, 0.717) is 0 Å². The van der Waals surface area contributed by atoms with Crippen molar-refractivity contribution in [1.29, 1.82) is 0 Å². The van der Waals surface area contributed by atoms with E-state index in [4.69, 9.17) is 5.11 Å². The maximum atomic E-state index is 10.9. The molecule has 0 aliphatic heterocycles. The molecule has 0 amide bonds.